The summed E-state index contributed by atoms with van der Waals surface area (Å²) in [5, 5.41) is 19.9. The molecule has 2 N–H and O–H groups in total. The number of nitro groups is 1. The zero-order valence-electron chi connectivity index (χ0n) is 12.2. The van der Waals surface area contributed by atoms with E-state index in [4.69, 9.17) is 5.11 Å². The maximum atomic E-state index is 12.1. The molecule has 0 spiro atoms. The van der Waals surface area contributed by atoms with E-state index in [0.29, 0.717) is 0 Å². The number of nitro benzene ring substituents is 1. The van der Waals surface area contributed by atoms with Gasteiger partial charge in [0.25, 0.3) is 5.69 Å². The molecule has 0 heterocycles. The Morgan fingerprint density at radius 3 is 2.45 bits per heavy atom. The lowest BCUT2D eigenvalue weighted by Gasteiger charge is -2.16. The summed E-state index contributed by atoms with van der Waals surface area (Å²) in [6.07, 6.45) is 0.130. The molecule has 1 unspecified atom stereocenters. The van der Waals surface area contributed by atoms with Gasteiger partial charge in [0.05, 0.1) is 10.7 Å². The van der Waals surface area contributed by atoms with Gasteiger partial charge in [-0.1, -0.05) is 32.0 Å². The first-order valence-electron chi connectivity index (χ1n) is 6.57. The third-order valence-electron chi connectivity index (χ3n) is 2.86. The minimum atomic E-state index is -4.02. The first-order valence-corrected chi connectivity index (χ1v) is 8.22. The van der Waals surface area contributed by atoms with Crippen LogP contribution in [0.4, 0.5) is 5.69 Å². The van der Waals surface area contributed by atoms with Crippen molar-refractivity contribution >= 4 is 21.7 Å². The summed E-state index contributed by atoms with van der Waals surface area (Å²) in [4.78, 5) is 21.3. The van der Waals surface area contributed by atoms with Crippen LogP contribution < -0.4 is 4.72 Å². The number of carboxylic acid groups (broad SMARTS) is 1. The highest BCUT2D eigenvalue weighted by molar-refractivity contribution is 7.88. The molecule has 1 aromatic carbocycles. The van der Waals surface area contributed by atoms with Gasteiger partial charge in [0.2, 0.25) is 10.0 Å². The largest absolute Gasteiger partial charge is 0.480 e. The molecule has 1 aromatic rings. The number of sulfonamides is 1. The summed E-state index contributed by atoms with van der Waals surface area (Å²) in [6, 6.07) is 4.19. The van der Waals surface area contributed by atoms with Gasteiger partial charge in [0.15, 0.2) is 0 Å². The predicted molar refractivity (Wildman–Crippen MR) is 79.7 cm³/mol. The van der Waals surface area contributed by atoms with E-state index in [-0.39, 0.29) is 23.6 Å². The van der Waals surface area contributed by atoms with Crippen LogP contribution >= 0.6 is 0 Å². The number of carboxylic acids is 1. The van der Waals surface area contributed by atoms with Crippen LogP contribution in [0.2, 0.25) is 0 Å². The van der Waals surface area contributed by atoms with Crippen LogP contribution in [0.25, 0.3) is 0 Å². The highest BCUT2D eigenvalue weighted by Gasteiger charge is 2.27. The van der Waals surface area contributed by atoms with Crippen molar-refractivity contribution in [2.24, 2.45) is 5.92 Å². The van der Waals surface area contributed by atoms with E-state index in [0.717, 1.165) is 0 Å². The van der Waals surface area contributed by atoms with Crippen molar-refractivity contribution in [2.75, 3.05) is 0 Å². The SMILES string of the molecule is CC(C)CC(NS(=O)(=O)Cc1ccccc1[N+](=O)[O-])C(=O)O. The molecule has 8 nitrogen and oxygen atoms in total. The van der Waals surface area contributed by atoms with Crippen molar-refractivity contribution in [1.82, 2.24) is 4.72 Å². The van der Waals surface area contributed by atoms with Gasteiger partial charge in [-0.25, -0.2) is 13.1 Å². The number of hydrogen-bond acceptors (Lipinski definition) is 5. The van der Waals surface area contributed by atoms with E-state index >= 15 is 0 Å². The van der Waals surface area contributed by atoms with Crippen LogP contribution in [0.3, 0.4) is 0 Å². The van der Waals surface area contributed by atoms with Gasteiger partial charge in [0.1, 0.15) is 6.04 Å². The molecule has 0 radical (unpaired) electrons. The summed E-state index contributed by atoms with van der Waals surface area (Å²) in [7, 11) is -4.02. The van der Waals surface area contributed by atoms with E-state index in [9.17, 15) is 23.3 Å². The van der Waals surface area contributed by atoms with Gasteiger partial charge in [-0.05, 0) is 12.3 Å². The predicted octanol–water partition coefficient (Wildman–Crippen LogP) is 1.51. The fourth-order valence-corrected chi connectivity index (χ4v) is 3.31. The molecule has 0 saturated heterocycles. The summed E-state index contributed by atoms with van der Waals surface area (Å²) in [5.41, 5.74) is -0.308. The van der Waals surface area contributed by atoms with Crippen molar-refractivity contribution in [3.05, 3.63) is 39.9 Å². The summed E-state index contributed by atoms with van der Waals surface area (Å²) < 4.78 is 26.2. The maximum Gasteiger partial charge on any atom is 0.321 e. The second-order valence-electron chi connectivity index (χ2n) is 5.28. The van der Waals surface area contributed by atoms with Crippen LogP contribution in [0.1, 0.15) is 25.8 Å². The van der Waals surface area contributed by atoms with Crippen LogP contribution in [0.15, 0.2) is 24.3 Å². The van der Waals surface area contributed by atoms with Crippen molar-refractivity contribution in [1.29, 1.82) is 0 Å². The maximum absolute atomic E-state index is 12.1. The molecule has 0 aliphatic carbocycles. The Bertz CT molecular complexity index is 656. The molecule has 0 saturated carbocycles. The highest BCUT2D eigenvalue weighted by atomic mass is 32.2. The minimum Gasteiger partial charge on any atom is -0.480 e. The van der Waals surface area contributed by atoms with Crippen LogP contribution in [-0.2, 0) is 20.6 Å². The molecular formula is C13H18N2O6S. The van der Waals surface area contributed by atoms with Gasteiger partial charge in [-0.2, -0.15) is 0 Å². The quantitative estimate of drug-likeness (QED) is 0.549. The van der Waals surface area contributed by atoms with E-state index < -0.39 is 32.7 Å². The standard InChI is InChI=1S/C13H18N2O6S/c1-9(2)7-11(13(16)17)14-22(20,21)8-10-5-3-4-6-12(10)15(18)19/h3-6,9,11,14H,7-8H2,1-2H3,(H,16,17). The fraction of sp³-hybridized carbons (Fsp3) is 0.462. The number of benzene rings is 1. The van der Waals surface area contributed by atoms with Crippen molar-refractivity contribution in [3.8, 4) is 0 Å². The first kappa shape index (κ1) is 18.1. The number of nitrogens with zero attached hydrogens (tertiary/aromatic N) is 1. The molecular weight excluding hydrogens is 312 g/mol. The van der Waals surface area contributed by atoms with Crippen LogP contribution in [-0.4, -0.2) is 30.5 Å². The Morgan fingerprint density at radius 2 is 1.95 bits per heavy atom. The topological polar surface area (TPSA) is 127 Å². The number of carbonyl (C=O) groups is 1. The smallest absolute Gasteiger partial charge is 0.321 e. The molecule has 122 valence electrons. The molecule has 1 rings (SSSR count). The molecule has 0 fully saturated rings. The van der Waals surface area contributed by atoms with Crippen LogP contribution in [0.5, 0.6) is 0 Å². The molecule has 0 bridgehead atoms. The second-order valence-corrected chi connectivity index (χ2v) is 7.04. The lowest BCUT2D eigenvalue weighted by atomic mass is 10.1. The van der Waals surface area contributed by atoms with Gasteiger partial charge < -0.3 is 5.11 Å². The van der Waals surface area contributed by atoms with Crippen molar-refractivity contribution in [2.45, 2.75) is 32.1 Å². The van der Waals surface area contributed by atoms with Crippen molar-refractivity contribution < 1.29 is 23.2 Å². The molecule has 9 heteroatoms. The summed E-state index contributed by atoms with van der Waals surface area (Å²) in [6.45, 7) is 3.54. The third-order valence-corrected chi connectivity index (χ3v) is 4.20. The average Bonchev–Trinajstić information content (AvgIpc) is 2.36. The van der Waals surface area contributed by atoms with Gasteiger partial charge in [-0.3, -0.25) is 14.9 Å². The van der Waals surface area contributed by atoms with E-state index in [1.54, 1.807) is 13.8 Å². The lowest BCUT2D eigenvalue weighted by Crippen LogP contribution is -2.42. The summed E-state index contributed by atoms with van der Waals surface area (Å²) >= 11 is 0. The number of rotatable bonds is 8. The second kappa shape index (κ2) is 7.32. The van der Waals surface area contributed by atoms with E-state index in [1.807, 2.05) is 0 Å². The molecule has 1 atom stereocenters. The zero-order chi connectivity index (χ0) is 16.9. The molecule has 0 aliphatic heterocycles. The number of para-hydroxylation sites is 1. The Morgan fingerprint density at radius 1 is 1.36 bits per heavy atom. The summed E-state index contributed by atoms with van der Waals surface area (Å²) in [5.74, 6) is -1.94. The van der Waals surface area contributed by atoms with E-state index in [1.165, 1.54) is 24.3 Å². The number of hydrogen-bond donors (Lipinski definition) is 2. The Kier molecular flexibility index (Phi) is 6.01. The number of aliphatic carboxylic acids is 1. The highest BCUT2D eigenvalue weighted by Crippen LogP contribution is 2.20. The van der Waals surface area contributed by atoms with Gasteiger partial charge in [0, 0.05) is 11.6 Å². The Balaban J connectivity index is 2.96. The number of nitrogens with one attached hydrogen (secondary N) is 1. The molecule has 22 heavy (non-hydrogen) atoms. The van der Waals surface area contributed by atoms with E-state index in [2.05, 4.69) is 4.72 Å². The Labute approximate surface area is 128 Å². The average molecular weight is 330 g/mol. The molecule has 0 amide bonds. The van der Waals surface area contributed by atoms with Crippen molar-refractivity contribution in [3.63, 3.8) is 0 Å². The first-order chi connectivity index (χ1) is 10.1. The normalized spacial score (nSPS) is 13.0. The fourth-order valence-electron chi connectivity index (χ4n) is 1.94. The van der Waals surface area contributed by atoms with Gasteiger partial charge >= 0.3 is 5.97 Å². The lowest BCUT2D eigenvalue weighted by molar-refractivity contribution is -0.385. The Hall–Kier alpha value is -2.00. The zero-order valence-corrected chi connectivity index (χ0v) is 13.0. The third kappa shape index (κ3) is 5.41. The monoisotopic (exact) mass is 330 g/mol. The molecule has 0 aromatic heterocycles. The minimum absolute atomic E-state index is 0.00804. The molecule has 0 aliphatic rings. The van der Waals surface area contributed by atoms with Crippen LogP contribution in [0, 0.1) is 16.0 Å². The van der Waals surface area contributed by atoms with Gasteiger partial charge in [-0.15, -0.1) is 0 Å².